The van der Waals surface area contributed by atoms with Crippen LogP contribution in [0, 0.1) is 0 Å². The molecule has 0 saturated heterocycles. The lowest BCUT2D eigenvalue weighted by Crippen LogP contribution is -2.27. The van der Waals surface area contributed by atoms with E-state index in [1.807, 2.05) is 24.4 Å². The molecule has 1 aromatic heterocycles. The highest BCUT2D eigenvalue weighted by Crippen LogP contribution is 2.29. The first-order valence-electron chi connectivity index (χ1n) is 6.64. The Bertz CT molecular complexity index is 602. The molecule has 0 bridgehead atoms. The smallest absolute Gasteiger partial charge is 0.246 e. The highest BCUT2D eigenvalue weighted by atomic mass is 35.5. The van der Waals surface area contributed by atoms with Crippen molar-refractivity contribution >= 4 is 34.5 Å². The minimum absolute atomic E-state index is 0.291. The van der Waals surface area contributed by atoms with Crippen molar-refractivity contribution in [3.8, 4) is 5.75 Å². The molecular weight excluding hydrogens is 308 g/mol. The summed E-state index contributed by atoms with van der Waals surface area (Å²) in [6.07, 6.45) is 0.880. The summed E-state index contributed by atoms with van der Waals surface area (Å²) in [7, 11) is 0. The van der Waals surface area contributed by atoms with Gasteiger partial charge in [0.2, 0.25) is 5.91 Å². The van der Waals surface area contributed by atoms with Gasteiger partial charge in [0.15, 0.2) is 0 Å². The molecule has 0 aliphatic carbocycles. The molecule has 1 amide bonds. The lowest BCUT2D eigenvalue weighted by Gasteiger charge is -2.15. The molecule has 1 aromatic carbocycles. The molecule has 4 nitrogen and oxygen atoms in total. The van der Waals surface area contributed by atoms with Gasteiger partial charge in [-0.05, 0) is 36.1 Å². The summed E-state index contributed by atoms with van der Waals surface area (Å²) in [4.78, 5) is 13.0. The molecule has 0 aliphatic heterocycles. The van der Waals surface area contributed by atoms with Gasteiger partial charge in [0.05, 0.1) is 12.3 Å². The summed E-state index contributed by atoms with van der Waals surface area (Å²) in [5.74, 6) is 0.300. The fourth-order valence-corrected chi connectivity index (χ4v) is 2.64. The average molecular weight is 325 g/mol. The van der Waals surface area contributed by atoms with E-state index in [4.69, 9.17) is 22.1 Å². The van der Waals surface area contributed by atoms with Crippen LogP contribution in [0.3, 0.4) is 0 Å². The number of benzene rings is 1. The van der Waals surface area contributed by atoms with Crippen molar-refractivity contribution in [3.05, 3.63) is 45.6 Å². The van der Waals surface area contributed by atoms with E-state index in [0.717, 1.165) is 11.3 Å². The van der Waals surface area contributed by atoms with E-state index in [9.17, 15) is 4.79 Å². The van der Waals surface area contributed by atoms with Gasteiger partial charge < -0.3 is 15.8 Å². The first-order chi connectivity index (χ1) is 10.1. The van der Waals surface area contributed by atoms with E-state index in [-0.39, 0.29) is 5.91 Å². The molecule has 0 saturated carbocycles. The van der Waals surface area contributed by atoms with E-state index in [1.165, 1.54) is 11.3 Å². The van der Waals surface area contributed by atoms with Gasteiger partial charge >= 0.3 is 0 Å². The van der Waals surface area contributed by atoms with Crippen LogP contribution in [0.1, 0.15) is 24.3 Å². The number of thiophene rings is 1. The lowest BCUT2D eigenvalue weighted by molar-refractivity contribution is -0.117. The molecule has 0 radical (unpaired) electrons. The Morgan fingerprint density at radius 1 is 1.48 bits per heavy atom. The number of halogens is 1. The highest BCUT2D eigenvalue weighted by Gasteiger charge is 2.18. The molecule has 112 valence electrons. The van der Waals surface area contributed by atoms with Crippen LogP contribution >= 0.6 is 22.9 Å². The van der Waals surface area contributed by atoms with Crippen molar-refractivity contribution in [2.75, 3.05) is 11.9 Å². The van der Waals surface area contributed by atoms with Gasteiger partial charge in [-0.15, -0.1) is 11.3 Å². The second-order valence-corrected chi connectivity index (χ2v) is 5.89. The van der Waals surface area contributed by atoms with Gasteiger partial charge in [-0.3, -0.25) is 4.79 Å². The third-order valence-electron chi connectivity index (χ3n) is 2.79. The zero-order valence-electron chi connectivity index (χ0n) is 11.6. The average Bonchev–Trinajstić information content (AvgIpc) is 2.99. The first-order valence-corrected chi connectivity index (χ1v) is 7.89. The van der Waals surface area contributed by atoms with E-state index < -0.39 is 6.04 Å². The van der Waals surface area contributed by atoms with Crippen LogP contribution in [0.5, 0.6) is 5.75 Å². The summed E-state index contributed by atoms with van der Waals surface area (Å²) in [5.41, 5.74) is 6.48. The highest BCUT2D eigenvalue weighted by molar-refractivity contribution is 7.10. The normalized spacial score (nSPS) is 12.0. The first kappa shape index (κ1) is 15.8. The summed E-state index contributed by atoms with van der Waals surface area (Å²) >= 11 is 7.43. The largest absolute Gasteiger partial charge is 0.491 e. The van der Waals surface area contributed by atoms with Crippen molar-refractivity contribution in [2.24, 2.45) is 5.73 Å². The number of carbonyl (C=O) groups is 1. The minimum Gasteiger partial charge on any atom is -0.491 e. The summed E-state index contributed by atoms with van der Waals surface area (Å²) in [6.45, 7) is 2.59. The number of nitrogens with two attached hydrogens (primary N) is 1. The molecule has 1 atom stereocenters. The summed E-state index contributed by atoms with van der Waals surface area (Å²) in [6, 6.07) is 8.11. The van der Waals surface area contributed by atoms with Gasteiger partial charge in [-0.25, -0.2) is 0 Å². The minimum atomic E-state index is -0.706. The number of carbonyl (C=O) groups excluding carboxylic acids is 1. The second-order valence-electron chi connectivity index (χ2n) is 4.47. The Hall–Kier alpha value is -1.56. The second kappa shape index (κ2) is 7.45. The van der Waals surface area contributed by atoms with Crippen LogP contribution in [0.15, 0.2) is 35.7 Å². The molecule has 0 spiro atoms. The Morgan fingerprint density at radius 3 is 2.95 bits per heavy atom. The number of hydrogen-bond donors (Lipinski definition) is 2. The van der Waals surface area contributed by atoms with Gasteiger partial charge in [0.1, 0.15) is 11.8 Å². The Labute approximate surface area is 132 Å². The molecule has 2 aromatic rings. The number of amides is 1. The predicted octanol–water partition coefficient (Wildman–Crippen LogP) is 3.83. The molecule has 0 fully saturated rings. The molecule has 3 N–H and O–H groups in total. The number of ether oxygens (including phenoxy) is 1. The number of rotatable bonds is 6. The molecule has 2 rings (SSSR count). The van der Waals surface area contributed by atoms with Crippen LogP contribution in [0.4, 0.5) is 5.69 Å². The monoisotopic (exact) mass is 324 g/mol. The van der Waals surface area contributed by atoms with Crippen molar-refractivity contribution < 1.29 is 9.53 Å². The Balaban J connectivity index is 2.14. The number of anilines is 1. The van der Waals surface area contributed by atoms with Crippen molar-refractivity contribution in [2.45, 2.75) is 19.4 Å². The third-order valence-corrected chi connectivity index (χ3v) is 3.98. The van der Waals surface area contributed by atoms with Crippen LogP contribution in [-0.2, 0) is 4.79 Å². The molecule has 21 heavy (non-hydrogen) atoms. The maximum absolute atomic E-state index is 12.2. The van der Waals surface area contributed by atoms with Gasteiger partial charge in [0.25, 0.3) is 0 Å². The maximum atomic E-state index is 12.2. The van der Waals surface area contributed by atoms with E-state index in [0.29, 0.717) is 23.1 Å². The molecule has 0 aliphatic rings. The van der Waals surface area contributed by atoms with Gasteiger partial charge in [-0.2, -0.15) is 0 Å². The fraction of sp³-hybridized carbons (Fsp3) is 0.267. The van der Waals surface area contributed by atoms with Crippen LogP contribution < -0.4 is 15.8 Å². The fourth-order valence-electron chi connectivity index (χ4n) is 1.75. The zero-order chi connectivity index (χ0) is 15.2. The van der Waals surface area contributed by atoms with Crippen LogP contribution in [0.25, 0.3) is 0 Å². The Morgan fingerprint density at radius 2 is 2.29 bits per heavy atom. The van der Waals surface area contributed by atoms with Crippen molar-refractivity contribution in [1.82, 2.24) is 0 Å². The van der Waals surface area contributed by atoms with E-state index >= 15 is 0 Å². The summed E-state index contributed by atoms with van der Waals surface area (Å²) < 4.78 is 5.60. The molecular formula is C15H17ClN2O2S. The molecule has 1 unspecified atom stereocenters. The topological polar surface area (TPSA) is 64.3 Å². The lowest BCUT2D eigenvalue weighted by atomic mass is 10.2. The number of nitrogens with one attached hydrogen (secondary N) is 1. The van der Waals surface area contributed by atoms with E-state index in [2.05, 4.69) is 5.32 Å². The quantitative estimate of drug-likeness (QED) is 0.848. The van der Waals surface area contributed by atoms with Gasteiger partial charge in [0, 0.05) is 9.90 Å². The van der Waals surface area contributed by atoms with E-state index in [1.54, 1.807) is 18.2 Å². The maximum Gasteiger partial charge on any atom is 0.246 e. The summed E-state index contributed by atoms with van der Waals surface area (Å²) in [5, 5.41) is 5.19. The molecule has 6 heteroatoms. The van der Waals surface area contributed by atoms with Crippen LogP contribution in [0.2, 0.25) is 5.02 Å². The standard InChI is InChI=1S/C15H17ClN2O2S/c1-2-7-20-12-6-5-10(16)9-11(12)18-15(19)14(17)13-4-3-8-21-13/h3-6,8-9,14H,2,7,17H2,1H3,(H,18,19). The van der Waals surface area contributed by atoms with Crippen molar-refractivity contribution in [3.63, 3.8) is 0 Å². The third kappa shape index (κ3) is 4.20. The van der Waals surface area contributed by atoms with Crippen LogP contribution in [-0.4, -0.2) is 12.5 Å². The predicted molar refractivity (Wildman–Crippen MR) is 87.1 cm³/mol. The SMILES string of the molecule is CCCOc1ccc(Cl)cc1NC(=O)C(N)c1cccs1. The Kier molecular flexibility index (Phi) is 5.61. The van der Waals surface area contributed by atoms with Gasteiger partial charge in [-0.1, -0.05) is 24.6 Å². The van der Waals surface area contributed by atoms with Crippen molar-refractivity contribution in [1.29, 1.82) is 0 Å². The zero-order valence-corrected chi connectivity index (χ0v) is 13.2. The molecule has 1 heterocycles. The number of hydrogen-bond acceptors (Lipinski definition) is 4.